The maximum atomic E-state index is 3.53. The third kappa shape index (κ3) is 2.26. The van der Waals surface area contributed by atoms with Crippen molar-refractivity contribution in [2.75, 3.05) is 13.1 Å². The Kier molecular flexibility index (Phi) is 3.21. The second-order valence-corrected chi connectivity index (χ2v) is 5.68. The van der Waals surface area contributed by atoms with E-state index in [1.54, 1.807) is 0 Å². The predicted molar refractivity (Wildman–Crippen MR) is 75.4 cm³/mol. The molecule has 3 rings (SSSR count). The van der Waals surface area contributed by atoms with Crippen LogP contribution in [0, 0.1) is 0 Å². The number of aromatic nitrogens is 1. The maximum absolute atomic E-state index is 3.53. The van der Waals surface area contributed by atoms with Gasteiger partial charge in [-0.3, -0.25) is 0 Å². The Morgan fingerprint density at radius 3 is 3.06 bits per heavy atom. The van der Waals surface area contributed by atoms with Gasteiger partial charge < -0.3 is 9.88 Å². The first-order valence-corrected chi connectivity index (χ1v) is 7.11. The largest absolute Gasteiger partial charge is 0.344 e. The quantitative estimate of drug-likeness (QED) is 0.848. The zero-order chi connectivity index (χ0) is 11.7. The molecule has 1 unspecified atom stereocenters. The van der Waals surface area contributed by atoms with Crippen molar-refractivity contribution in [3.05, 3.63) is 34.9 Å². The Bertz CT molecular complexity index is 510. The highest BCUT2D eigenvalue weighted by Gasteiger charge is 2.15. The lowest BCUT2D eigenvalue weighted by Gasteiger charge is -2.17. The van der Waals surface area contributed by atoms with E-state index in [1.165, 1.54) is 36.7 Å². The maximum Gasteiger partial charge on any atom is 0.0483 e. The molecule has 90 valence electrons. The number of benzene rings is 1. The lowest BCUT2D eigenvalue weighted by Crippen LogP contribution is -2.15. The van der Waals surface area contributed by atoms with Crippen molar-refractivity contribution < 1.29 is 0 Å². The van der Waals surface area contributed by atoms with Crippen molar-refractivity contribution in [3.63, 3.8) is 0 Å². The molecule has 2 aromatic rings. The molecule has 1 fully saturated rings. The molecular formula is C14H17BrN2. The molecule has 0 bridgehead atoms. The normalized spacial score (nSPS) is 21.6. The van der Waals surface area contributed by atoms with Crippen molar-refractivity contribution in [1.29, 1.82) is 0 Å². The van der Waals surface area contributed by atoms with Crippen LogP contribution in [0.2, 0.25) is 0 Å². The van der Waals surface area contributed by atoms with Gasteiger partial charge in [0.1, 0.15) is 0 Å². The Labute approximate surface area is 110 Å². The van der Waals surface area contributed by atoms with Crippen LogP contribution in [-0.4, -0.2) is 17.7 Å². The van der Waals surface area contributed by atoms with Gasteiger partial charge in [0, 0.05) is 27.6 Å². The molecule has 2 nitrogen and oxygen atoms in total. The molecule has 0 radical (unpaired) electrons. The van der Waals surface area contributed by atoms with Gasteiger partial charge in [-0.1, -0.05) is 15.9 Å². The molecule has 0 aliphatic carbocycles. The molecule has 0 amide bonds. The lowest BCUT2D eigenvalue weighted by molar-refractivity contribution is 0.467. The first-order chi connectivity index (χ1) is 8.34. The molecule has 1 saturated heterocycles. The zero-order valence-electron chi connectivity index (χ0n) is 9.82. The van der Waals surface area contributed by atoms with E-state index in [1.807, 2.05) is 0 Å². The molecule has 1 aromatic carbocycles. The highest BCUT2D eigenvalue weighted by atomic mass is 79.9. The number of nitrogens with zero attached hydrogens (tertiary/aromatic N) is 1. The molecule has 1 atom stereocenters. The molecule has 3 heteroatoms. The molecule has 2 heterocycles. The standard InChI is InChI=1S/C14H17BrN2/c15-12-3-4-14-11(10-12)6-9-17(14)13-2-1-7-16-8-5-13/h3-4,6,9-10,13,16H,1-2,5,7-8H2. The fourth-order valence-corrected chi connectivity index (χ4v) is 3.11. The van der Waals surface area contributed by atoms with E-state index in [0.29, 0.717) is 6.04 Å². The van der Waals surface area contributed by atoms with Crippen LogP contribution in [0.25, 0.3) is 10.9 Å². The molecular weight excluding hydrogens is 276 g/mol. The number of rotatable bonds is 1. The Morgan fingerprint density at radius 2 is 2.12 bits per heavy atom. The average Bonchev–Trinajstić information content (AvgIpc) is 2.57. The average molecular weight is 293 g/mol. The molecule has 17 heavy (non-hydrogen) atoms. The van der Waals surface area contributed by atoms with Gasteiger partial charge in [0.25, 0.3) is 0 Å². The van der Waals surface area contributed by atoms with Gasteiger partial charge in [0.15, 0.2) is 0 Å². The topological polar surface area (TPSA) is 17.0 Å². The summed E-state index contributed by atoms with van der Waals surface area (Å²) in [7, 11) is 0. The van der Waals surface area contributed by atoms with E-state index < -0.39 is 0 Å². The SMILES string of the molecule is Brc1ccc2c(ccn2C2CCCNCC2)c1. The minimum Gasteiger partial charge on any atom is -0.344 e. The van der Waals surface area contributed by atoms with Gasteiger partial charge in [-0.2, -0.15) is 0 Å². The van der Waals surface area contributed by atoms with Gasteiger partial charge >= 0.3 is 0 Å². The lowest BCUT2D eigenvalue weighted by atomic mass is 10.1. The minimum absolute atomic E-state index is 0.656. The van der Waals surface area contributed by atoms with Crippen molar-refractivity contribution in [2.45, 2.75) is 25.3 Å². The number of halogens is 1. The van der Waals surface area contributed by atoms with Crippen molar-refractivity contribution in [3.8, 4) is 0 Å². The molecule has 0 saturated carbocycles. The van der Waals surface area contributed by atoms with Crippen molar-refractivity contribution in [1.82, 2.24) is 9.88 Å². The third-order valence-corrected chi connectivity index (χ3v) is 4.11. The Hall–Kier alpha value is -0.800. The van der Waals surface area contributed by atoms with Gasteiger partial charge in [0.2, 0.25) is 0 Å². The molecule has 1 N–H and O–H groups in total. The van der Waals surface area contributed by atoms with Crippen LogP contribution < -0.4 is 5.32 Å². The van der Waals surface area contributed by atoms with E-state index in [-0.39, 0.29) is 0 Å². The van der Waals surface area contributed by atoms with Crippen molar-refractivity contribution >= 4 is 26.8 Å². The number of nitrogens with one attached hydrogen (secondary N) is 1. The van der Waals surface area contributed by atoms with Crippen LogP contribution in [0.3, 0.4) is 0 Å². The van der Waals surface area contributed by atoms with Gasteiger partial charge in [0.05, 0.1) is 0 Å². The van der Waals surface area contributed by atoms with E-state index in [2.05, 4.69) is 56.3 Å². The first kappa shape index (κ1) is 11.3. The van der Waals surface area contributed by atoms with Gasteiger partial charge in [-0.05, 0) is 56.6 Å². The van der Waals surface area contributed by atoms with Crippen LogP contribution in [0.4, 0.5) is 0 Å². The van der Waals surface area contributed by atoms with Crippen LogP contribution in [0.15, 0.2) is 34.9 Å². The second kappa shape index (κ2) is 4.83. The van der Waals surface area contributed by atoms with Gasteiger partial charge in [-0.15, -0.1) is 0 Å². The molecule has 1 aliphatic rings. The summed E-state index contributed by atoms with van der Waals surface area (Å²) in [4.78, 5) is 0. The fraction of sp³-hybridized carbons (Fsp3) is 0.429. The minimum atomic E-state index is 0.656. The summed E-state index contributed by atoms with van der Waals surface area (Å²) in [5.41, 5.74) is 1.36. The van der Waals surface area contributed by atoms with E-state index in [9.17, 15) is 0 Å². The predicted octanol–water partition coefficient (Wildman–Crippen LogP) is 3.72. The van der Waals surface area contributed by atoms with E-state index in [4.69, 9.17) is 0 Å². The van der Waals surface area contributed by atoms with Crippen LogP contribution in [-0.2, 0) is 0 Å². The van der Waals surface area contributed by atoms with Crippen LogP contribution in [0.5, 0.6) is 0 Å². The van der Waals surface area contributed by atoms with E-state index >= 15 is 0 Å². The van der Waals surface area contributed by atoms with Crippen LogP contribution >= 0.6 is 15.9 Å². The molecule has 0 spiro atoms. The summed E-state index contributed by atoms with van der Waals surface area (Å²) in [5.74, 6) is 0. The second-order valence-electron chi connectivity index (χ2n) is 4.76. The smallest absolute Gasteiger partial charge is 0.0483 e. The summed E-state index contributed by atoms with van der Waals surface area (Å²) in [6.07, 6.45) is 6.04. The first-order valence-electron chi connectivity index (χ1n) is 6.31. The molecule has 1 aliphatic heterocycles. The zero-order valence-corrected chi connectivity index (χ0v) is 11.4. The van der Waals surface area contributed by atoms with Crippen LogP contribution in [0.1, 0.15) is 25.3 Å². The summed E-state index contributed by atoms with van der Waals surface area (Å²) in [6, 6.07) is 9.42. The number of fused-ring (bicyclic) bond motifs is 1. The van der Waals surface area contributed by atoms with Crippen molar-refractivity contribution in [2.24, 2.45) is 0 Å². The third-order valence-electron chi connectivity index (χ3n) is 3.62. The Morgan fingerprint density at radius 1 is 1.18 bits per heavy atom. The van der Waals surface area contributed by atoms with Gasteiger partial charge in [-0.25, -0.2) is 0 Å². The van der Waals surface area contributed by atoms with E-state index in [0.717, 1.165) is 11.0 Å². The summed E-state index contributed by atoms with van der Waals surface area (Å²) >= 11 is 3.53. The molecule has 1 aromatic heterocycles. The Balaban J connectivity index is 1.98. The highest BCUT2D eigenvalue weighted by Crippen LogP contribution is 2.27. The number of hydrogen-bond acceptors (Lipinski definition) is 1. The fourth-order valence-electron chi connectivity index (χ4n) is 2.73. The monoisotopic (exact) mass is 292 g/mol. The highest BCUT2D eigenvalue weighted by molar-refractivity contribution is 9.10. The summed E-state index contributed by atoms with van der Waals surface area (Å²) < 4.78 is 3.61. The number of hydrogen-bond donors (Lipinski definition) is 1. The summed E-state index contributed by atoms with van der Waals surface area (Å²) in [5, 5.41) is 4.81. The summed E-state index contributed by atoms with van der Waals surface area (Å²) in [6.45, 7) is 2.31.